The van der Waals surface area contributed by atoms with Gasteiger partial charge in [-0.15, -0.1) is 0 Å². The van der Waals surface area contributed by atoms with Crippen LogP contribution in [0.15, 0.2) is 108 Å². The summed E-state index contributed by atoms with van der Waals surface area (Å²) in [4.78, 5) is 0. The third kappa shape index (κ3) is 4.26. The monoisotopic (exact) mass is 232 g/mol. The van der Waals surface area contributed by atoms with E-state index in [2.05, 4.69) is 36.5 Å². The van der Waals surface area contributed by atoms with Crippen molar-refractivity contribution in [3.63, 3.8) is 0 Å². The molecular weight excluding hydrogens is 216 g/mol. The Morgan fingerprint density at radius 2 is 0.833 bits per heavy atom. The van der Waals surface area contributed by atoms with Gasteiger partial charge in [0.15, 0.2) is 0 Å². The summed E-state index contributed by atoms with van der Waals surface area (Å²) in [5.74, 6) is 0. The van der Waals surface area contributed by atoms with Gasteiger partial charge in [0.05, 0.1) is 0 Å². The van der Waals surface area contributed by atoms with Crippen LogP contribution in [0.1, 0.15) is 0 Å². The lowest BCUT2D eigenvalue weighted by molar-refractivity contribution is 1.60. The second-order valence-electron chi connectivity index (χ2n) is 3.92. The molecule has 2 rings (SSSR count). The van der Waals surface area contributed by atoms with Crippen LogP contribution in [0.5, 0.6) is 0 Å². The number of rotatable bonds is 2. The first kappa shape index (κ1) is 12.1. The lowest BCUT2D eigenvalue weighted by atomic mass is 10.1. The quantitative estimate of drug-likeness (QED) is 0.644. The van der Waals surface area contributed by atoms with E-state index in [1.807, 2.05) is 60.8 Å². The summed E-state index contributed by atoms with van der Waals surface area (Å²) in [5, 5.41) is 0. The summed E-state index contributed by atoms with van der Waals surface area (Å²) in [5.41, 5.74) is 2.37. The summed E-state index contributed by atoms with van der Waals surface area (Å²) in [7, 11) is 0. The zero-order chi connectivity index (χ0) is 12.5. The fourth-order valence-electron chi connectivity index (χ4n) is 1.58. The van der Waals surface area contributed by atoms with E-state index in [9.17, 15) is 0 Å². The molecule has 0 atom stereocenters. The van der Waals surface area contributed by atoms with Crippen LogP contribution in [0.25, 0.3) is 0 Å². The van der Waals surface area contributed by atoms with Crippen LogP contribution in [0.3, 0.4) is 0 Å². The second kappa shape index (κ2) is 7.08. The third-order valence-corrected chi connectivity index (χ3v) is 2.51. The molecule has 0 spiro atoms. The molecule has 0 aliphatic heterocycles. The smallest absolute Gasteiger partial charge is 0.0256 e. The molecule has 0 aromatic rings. The van der Waals surface area contributed by atoms with E-state index in [-0.39, 0.29) is 0 Å². The van der Waals surface area contributed by atoms with Crippen molar-refractivity contribution in [2.75, 3.05) is 0 Å². The number of hydrogen-bond acceptors (Lipinski definition) is 0. The summed E-state index contributed by atoms with van der Waals surface area (Å²) >= 11 is 0. The zero-order valence-corrected chi connectivity index (χ0v) is 10.2. The normalized spacial score (nSPS) is 34.7. The molecule has 0 saturated heterocycles. The van der Waals surface area contributed by atoms with Crippen molar-refractivity contribution in [2.45, 2.75) is 0 Å². The van der Waals surface area contributed by atoms with Crippen LogP contribution in [0.2, 0.25) is 0 Å². The first-order valence-electron chi connectivity index (χ1n) is 6.07. The molecule has 0 saturated carbocycles. The van der Waals surface area contributed by atoms with Gasteiger partial charge >= 0.3 is 0 Å². The molecule has 0 unspecified atom stereocenters. The van der Waals surface area contributed by atoms with E-state index < -0.39 is 0 Å². The Morgan fingerprint density at radius 3 is 1.33 bits per heavy atom. The Bertz CT molecular complexity index is 489. The molecule has 2 aliphatic carbocycles. The van der Waals surface area contributed by atoms with Gasteiger partial charge in [-0.25, -0.2) is 0 Å². The molecule has 0 aromatic carbocycles. The zero-order valence-electron chi connectivity index (χ0n) is 10.2. The Hall–Kier alpha value is -2.34. The van der Waals surface area contributed by atoms with Crippen molar-refractivity contribution in [2.24, 2.45) is 0 Å². The van der Waals surface area contributed by atoms with Crippen LogP contribution in [0.4, 0.5) is 0 Å². The fourth-order valence-corrected chi connectivity index (χ4v) is 1.58. The van der Waals surface area contributed by atoms with E-state index in [0.717, 1.165) is 0 Å². The predicted molar refractivity (Wildman–Crippen MR) is 80.1 cm³/mol. The lowest BCUT2D eigenvalue weighted by Crippen LogP contribution is -1.76. The lowest BCUT2D eigenvalue weighted by Gasteiger charge is -1.96. The minimum atomic E-state index is 1.19. The summed E-state index contributed by atoms with van der Waals surface area (Å²) < 4.78 is 0. The van der Waals surface area contributed by atoms with Gasteiger partial charge < -0.3 is 0 Å². The topological polar surface area (TPSA) is 0 Å². The van der Waals surface area contributed by atoms with Crippen LogP contribution in [0, 0.1) is 0 Å². The molecule has 0 bridgehead atoms. The molecule has 0 fully saturated rings. The maximum Gasteiger partial charge on any atom is -0.0256 e. The number of allylic oxidation sites excluding steroid dienone is 18. The van der Waals surface area contributed by atoms with Gasteiger partial charge in [-0.05, 0) is 11.1 Å². The van der Waals surface area contributed by atoms with Crippen molar-refractivity contribution in [3.05, 3.63) is 108 Å². The van der Waals surface area contributed by atoms with E-state index in [1.54, 1.807) is 0 Å². The minimum Gasteiger partial charge on any atom is -0.0623 e. The molecule has 0 amide bonds. The maximum absolute atomic E-state index is 2.12. The molecule has 0 heterocycles. The molecule has 0 heteroatoms. The summed E-state index contributed by atoms with van der Waals surface area (Å²) in [6.07, 6.45) is 33.0. The molecule has 0 radical (unpaired) electrons. The van der Waals surface area contributed by atoms with Gasteiger partial charge in [0.25, 0.3) is 0 Å². The fraction of sp³-hybridized carbons (Fsp3) is 0. The molecule has 0 N–H and O–H groups in total. The van der Waals surface area contributed by atoms with Crippen LogP contribution in [-0.2, 0) is 0 Å². The van der Waals surface area contributed by atoms with Gasteiger partial charge in [-0.1, -0.05) is 97.2 Å². The second-order valence-corrected chi connectivity index (χ2v) is 3.92. The van der Waals surface area contributed by atoms with Crippen LogP contribution < -0.4 is 0 Å². The summed E-state index contributed by atoms with van der Waals surface area (Å²) in [6, 6.07) is 0. The largest absolute Gasteiger partial charge is 0.0623 e. The average molecular weight is 232 g/mol. The van der Waals surface area contributed by atoms with E-state index in [4.69, 9.17) is 0 Å². The number of hydrogen-bond donors (Lipinski definition) is 0. The van der Waals surface area contributed by atoms with Crippen molar-refractivity contribution < 1.29 is 0 Å². The van der Waals surface area contributed by atoms with Crippen molar-refractivity contribution in [1.82, 2.24) is 0 Å². The minimum absolute atomic E-state index is 1.19. The molecular formula is C18H16. The summed E-state index contributed by atoms with van der Waals surface area (Å²) in [6.45, 7) is 0. The molecule has 0 nitrogen and oxygen atoms in total. The molecule has 2 aliphatic rings. The van der Waals surface area contributed by atoms with E-state index >= 15 is 0 Å². The molecule has 0 aromatic heterocycles. The van der Waals surface area contributed by atoms with Gasteiger partial charge in [-0.3, -0.25) is 0 Å². The first-order chi connectivity index (χ1) is 8.95. The molecule has 88 valence electrons. The van der Waals surface area contributed by atoms with E-state index in [0.29, 0.717) is 0 Å². The van der Waals surface area contributed by atoms with Gasteiger partial charge in [0.2, 0.25) is 0 Å². The Labute approximate surface area is 109 Å². The van der Waals surface area contributed by atoms with Crippen LogP contribution >= 0.6 is 0 Å². The highest BCUT2D eigenvalue weighted by atomic mass is 13.9. The Balaban J connectivity index is 2.10. The first-order valence-corrected chi connectivity index (χ1v) is 6.07. The highest BCUT2D eigenvalue weighted by molar-refractivity contribution is 5.44. The standard InChI is InChI=1S/C18H16/c1-3-7-11-17(12-8-4-1)15-16-18-13-9-5-2-6-10-14-18/h1-16H/b3-1-,4-1?,5-2-,6-2?,7-3?,8-4-,9-5?,10-6-,11-7-,12-8?,13-9-,14-10?,16-15+,17-11?,17-12+,18-13?,18-14+. The SMILES string of the molecule is C1=C\C=C/C(/C=C/C2=C/C=C\C=C/C=C\2)=C\C=C/1. The van der Waals surface area contributed by atoms with Crippen molar-refractivity contribution >= 4 is 0 Å². The third-order valence-electron chi connectivity index (χ3n) is 2.51. The predicted octanol–water partition coefficient (Wildman–Crippen LogP) is 4.76. The Morgan fingerprint density at radius 1 is 0.444 bits per heavy atom. The highest BCUT2D eigenvalue weighted by Gasteiger charge is 1.88. The van der Waals surface area contributed by atoms with Gasteiger partial charge in [-0.2, -0.15) is 0 Å². The van der Waals surface area contributed by atoms with Gasteiger partial charge in [0, 0.05) is 0 Å². The average Bonchev–Trinajstić information content (AvgIpc) is 2.29. The Kier molecular flexibility index (Phi) is 4.77. The van der Waals surface area contributed by atoms with Crippen molar-refractivity contribution in [3.8, 4) is 0 Å². The van der Waals surface area contributed by atoms with Crippen LogP contribution in [-0.4, -0.2) is 0 Å². The maximum atomic E-state index is 2.12. The van der Waals surface area contributed by atoms with Crippen molar-refractivity contribution in [1.29, 1.82) is 0 Å². The van der Waals surface area contributed by atoms with Gasteiger partial charge in [0.1, 0.15) is 0 Å². The molecule has 18 heavy (non-hydrogen) atoms. The highest BCUT2D eigenvalue weighted by Crippen LogP contribution is 2.08. The van der Waals surface area contributed by atoms with E-state index in [1.165, 1.54) is 11.1 Å².